The molecule has 6 nitrogen and oxygen atoms in total. The molecular formula is C14H20N4O2. The standard InChI is InChI=1S/C14H20N4O2/c1-8(2)11(3-4-19)18-13-6-12-9(5-10(13)15)14(20)17-7-16-12/h5-8,11,18-19H,3-4,15H2,1-2H3,(H,16,17,20). The van der Waals surface area contributed by atoms with Crippen LogP contribution in [0.4, 0.5) is 11.4 Å². The lowest BCUT2D eigenvalue weighted by molar-refractivity contribution is 0.267. The quantitative estimate of drug-likeness (QED) is 0.617. The third kappa shape index (κ3) is 2.91. The maximum atomic E-state index is 11.7. The first kappa shape index (κ1) is 14.3. The molecule has 5 N–H and O–H groups in total. The summed E-state index contributed by atoms with van der Waals surface area (Å²) in [6.07, 6.45) is 2.01. The molecule has 1 unspecified atom stereocenters. The van der Waals surface area contributed by atoms with E-state index < -0.39 is 0 Å². The Morgan fingerprint density at radius 3 is 2.85 bits per heavy atom. The minimum atomic E-state index is -0.205. The number of benzene rings is 1. The van der Waals surface area contributed by atoms with E-state index in [9.17, 15) is 4.79 Å². The van der Waals surface area contributed by atoms with Crippen molar-refractivity contribution in [1.82, 2.24) is 9.97 Å². The zero-order valence-corrected chi connectivity index (χ0v) is 11.7. The van der Waals surface area contributed by atoms with E-state index in [0.29, 0.717) is 28.9 Å². The van der Waals surface area contributed by atoms with E-state index in [1.54, 1.807) is 12.1 Å². The number of aliphatic hydroxyl groups is 1. The summed E-state index contributed by atoms with van der Waals surface area (Å²) in [5.74, 6) is 0.351. The number of hydrogen-bond donors (Lipinski definition) is 4. The lowest BCUT2D eigenvalue weighted by Gasteiger charge is -2.23. The fourth-order valence-electron chi connectivity index (χ4n) is 2.17. The lowest BCUT2D eigenvalue weighted by atomic mass is 10.0. The molecule has 0 bridgehead atoms. The molecule has 0 fully saturated rings. The normalized spacial score (nSPS) is 12.8. The van der Waals surface area contributed by atoms with Gasteiger partial charge in [-0.1, -0.05) is 13.8 Å². The first-order valence-corrected chi connectivity index (χ1v) is 6.67. The smallest absolute Gasteiger partial charge is 0.258 e. The van der Waals surface area contributed by atoms with Crippen molar-refractivity contribution in [1.29, 1.82) is 0 Å². The molecule has 20 heavy (non-hydrogen) atoms. The fraction of sp³-hybridized carbons (Fsp3) is 0.429. The molecule has 1 aromatic heterocycles. The number of nitrogen functional groups attached to an aromatic ring is 1. The van der Waals surface area contributed by atoms with Crippen LogP contribution in [-0.4, -0.2) is 27.7 Å². The monoisotopic (exact) mass is 276 g/mol. The van der Waals surface area contributed by atoms with Gasteiger partial charge in [0.2, 0.25) is 0 Å². The highest BCUT2D eigenvalue weighted by molar-refractivity contribution is 5.88. The van der Waals surface area contributed by atoms with E-state index >= 15 is 0 Å². The summed E-state index contributed by atoms with van der Waals surface area (Å²) in [6, 6.07) is 3.51. The van der Waals surface area contributed by atoms with Gasteiger partial charge in [0.1, 0.15) is 0 Å². The molecule has 0 aliphatic heterocycles. The van der Waals surface area contributed by atoms with Gasteiger partial charge in [0, 0.05) is 12.6 Å². The minimum absolute atomic E-state index is 0.112. The predicted molar refractivity (Wildman–Crippen MR) is 80.7 cm³/mol. The zero-order chi connectivity index (χ0) is 14.7. The molecular weight excluding hydrogens is 256 g/mol. The number of H-pyrrole nitrogens is 1. The number of anilines is 2. The number of nitrogens with one attached hydrogen (secondary N) is 2. The average molecular weight is 276 g/mol. The predicted octanol–water partition coefficient (Wildman–Crippen LogP) is 1.32. The summed E-state index contributed by atoms with van der Waals surface area (Å²) < 4.78 is 0. The molecule has 0 aliphatic carbocycles. The van der Waals surface area contributed by atoms with Crippen LogP contribution < -0.4 is 16.6 Å². The van der Waals surface area contributed by atoms with Crippen LogP contribution in [0.1, 0.15) is 20.3 Å². The lowest BCUT2D eigenvalue weighted by Crippen LogP contribution is -2.27. The number of nitrogens with two attached hydrogens (primary N) is 1. The number of rotatable bonds is 5. The second-order valence-electron chi connectivity index (χ2n) is 5.20. The highest BCUT2D eigenvalue weighted by Crippen LogP contribution is 2.25. The highest BCUT2D eigenvalue weighted by Gasteiger charge is 2.14. The Labute approximate surface area is 117 Å². The van der Waals surface area contributed by atoms with Crippen LogP contribution >= 0.6 is 0 Å². The highest BCUT2D eigenvalue weighted by atomic mass is 16.3. The van der Waals surface area contributed by atoms with Gasteiger partial charge in [-0.2, -0.15) is 0 Å². The second-order valence-corrected chi connectivity index (χ2v) is 5.20. The third-order valence-corrected chi connectivity index (χ3v) is 3.40. The maximum absolute atomic E-state index is 11.7. The van der Waals surface area contributed by atoms with E-state index in [4.69, 9.17) is 10.8 Å². The molecule has 0 amide bonds. The van der Waals surface area contributed by atoms with Gasteiger partial charge >= 0.3 is 0 Å². The van der Waals surface area contributed by atoms with Crippen LogP contribution in [0.25, 0.3) is 10.9 Å². The number of nitrogens with zero attached hydrogens (tertiary/aromatic N) is 1. The average Bonchev–Trinajstić information content (AvgIpc) is 2.40. The van der Waals surface area contributed by atoms with Crippen molar-refractivity contribution in [2.24, 2.45) is 5.92 Å². The number of fused-ring (bicyclic) bond motifs is 1. The molecule has 1 atom stereocenters. The first-order valence-electron chi connectivity index (χ1n) is 6.67. The van der Waals surface area contributed by atoms with Gasteiger partial charge in [-0.25, -0.2) is 4.98 Å². The van der Waals surface area contributed by atoms with Crippen LogP contribution in [0.3, 0.4) is 0 Å². The summed E-state index contributed by atoms with van der Waals surface area (Å²) in [5, 5.41) is 12.9. The molecule has 2 rings (SSSR count). The Morgan fingerprint density at radius 1 is 1.45 bits per heavy atom. The van der Waals surface area contributed by atoms with Crippen molar-refractivity contribution in [3.8, 4) is 0 Å². The topological polar surface area (TPSA) is 104 Å². The summed E-state index contributed by atoms with van der Waals surface area (Å²) >= 11 is 0. The van der Waals surface area contributed by atoms with E-state index in [1.807, 2.05) is 0 Å². The molecule has 0 aliphatic rings. The summed E-state index contributed by atoms with van der Waals surface area (Å²) in [7, 11) is 0. The molecule has 1 heterocycles. The Morgan fingerprint density at radius 2 is 2.20 bits per heavy atom. The molecule has 0 saturated heterocycles. The van der Waals surface area contributed by atoms with Crippen molar-refractivity contribution < 1.29 is 5.11 Å². The number of aromatic amines is 1. The second kappa shape index (κ2) is 5.92. The Balaban J connectivity index is 2.39. The molecule has 108 valence electrons. The van der Waals surface area contributed by atoms with E-state index in [2.05, 4.69) is 29.1 Å². The fourth-order valence-corrected chi connectivity index (χ4v) is 2.17. The van der Waals surface area contributed by atoms with Crippen LogP contribution in [0.2, 0.25) is 0 Å². The zero-order valence-electron chi connectivity index (χ0n) is 11.7. The Bertz CT molecular complexity index is 651. The minimum Gasteiger partial charge on any atom is -0.397 e. The van der Waals surface area contributed by atoms with Crippen molar-refractivity contribution >= 4 is 22.3 Å². The number of aromatic nitrogens is 2. The molecule has 6 heteroatoms. The molecule has 1 aromatic carbocycles. The number of hydrogen-bond acceptors (Lipinski definition) is 5. The largest absolute Gasteiger partial charge is 0.397 e. The van der Waals surface area contributed by atoms with Crippen molar-refractivity contribution in [2.45, 2.75) is 26.3 Å². The Hall–Kier alpha value is -2.08. The van der Waals surface area contributed by atoms with Gasteiger partial charge in [0.25, 0.3) is 5.56 Å². The molecule has 2 aromatic rings. The van der Waals surface area contributed by atoms with Gasteiger partial charge in [0.05, 0.1) is 28.6 Å². The van der Waals surface area contributed by atoms with E-state index in [1.165, 1.54) is 6.33 Å². The molecule has 0 saturated carbocycles. The van der Waals surface area contributed by atoms with Crippen molar-refractivity contribution in [3.63, 3.8) is 0 Å². The van der Waals surface area contributed by atoms with Crippen molar-refractivity contribution in [2.75, 3.05) is 17.7 Å². The summed E-state index contributed by atoms with van der Waals surface area (Å²) in [5.41, 5.74) is 7.62. The van der Waals surface area contributed by atoms with Crippen LogP contribution in [0.15, 0.2) is 23.3 Å². The Kier molecular flexibility index (Phi) is 4.24. The van der Waals surface area contributed by atoms with Gasteiger partial charge < -0.3 is 21.1 Å². The summed E-state index contributed by atoms with van der Waals surface area (Å²) in [6.45, 7) is 4.27. The summed E-state index contributed by atoms with van der Waals surface area (Å²) in [4.78, 5) is 18.3. The first-order chi connectivity index (χ1) is 9.52. The van der Waals surface area contributed by atoms with E-state index in [0.717, 1.165) is 5.69 Å². The van der Waals surface area contributed by atoms with Gasteiger partial charge in [-0.3, -0.25) is 4.79 Å². The van der Waals surface area contributed by atoms with Gasteiger partial charge in [-0.15, -0.1) is 0 Å². The van der Waals surface area contributed by atoms with Crippen LogP contribution in [-0.2, 0) is 0 Å². The van der Waals surface area contributed by atoms with Gasteiger partial charge in [-0.05, 0) is 24.5 Å². The number of aliphatic hydroxyl groups excluding tert-OH is 1. The van der Waals surface area contributed by atoms with Crippen molar-refractivity contribution in [3.05, 3.63) is 28.8 Å². The molecule has 0 spiro atoms. The SMILES string of the molecule is CC(C)C(CCO)Nc1cc2nc[nH]c(=O)c2cc1N. The van der Waals surface area contributed by atoms with Gasteiger partial charge in [0.15, 0.2) is 0 Å². The third-order valence-electron chi connectivity index (χ3n) is 3.40. The van der Waals surface area contributed by atoms with Crippen LogP contribution in [0, 0.1) is 5.92 Å². The maximum Gasteiger partial charge on any atom is 0.258 e. The van der Waals surface area contributed by atoms with E-state index in [-0.39, 0.29) is 18.2 Å². The molecule has 0 radical (unpaired) electrons. The van der Waals surface area contributed by atoms with Crippen LogP contribution in [0.5, 0.6) is 0 Å².